The number of phenols is 5. The van der Waals surface area contributed by atoms with Crippen LogP contribution in [0.5, 0.6) is 34.5 Å². The molecule has 4 aromatic rings. The molecule has 0 saturated carbocycles. The Labute approximate surface area is 196 Å². The second kappa shape index (κ2) is 8.56. The van der Waals surface area contributed by atoms with Crippen molar-refractivity contribution in [1.82, 2.24) is 0 Å². The van der Waals surface area contributed by atoms with E-state index in [9.17, 15) is 25.5 Å². The Bertz CT molecular complexity index is 1310. The quantitative estimate of drug-likeness (QED) is 0.280. The highest BCUT2D eigenvalue weighted by molar-refractivity contribution is 5.58. The van der Waals surface area contributed by atoms with Gasteiger partial charge in [0.1, 0.15) is 40.6 Å². The second-order valence-electron chi connectivity index (χ2n) is 8.58. The van der Waals surface area contributed by atoms with Gasteiger partial charge in [0.2, 0.25) is 0 Å². The third kappa shape index (κ3) is 4.18. The van der Waals surface area contributed by atoms with Gasteiger partial charge in [-0.1, -0.05) is 24.3 Å². The Hall–Kier alpha value is -4.32. The lowest BCUT2D eigenvalue weighted by molar-refractivity contribution is 0.222. The fraction of sp³-hybridized carbons (Fsp3) is 0.143. The van der Waals surface area contributed by atoms with Crippen LogP contribution in [-0.2, 0) is 12.8 Å². The van der Waals surface area contributed by atoms with Crippen LogP contribution in [0.25, 0.3) is 0 Å². The van der Waals surface area contributed by atoms with E-state index >= 15 is 0 Å². The molecule has 4 aromatic carbocycles. The first-order valence-electron chi connectivity index (χ1n) is 11.0. The zero-order chi connectivity index (χ0) is 23.8. The van der Waals surface area contributed by atoms with E-state index < -0.39 is 12.0 Å². The van der Waals surface area contributed by atoms with Crippen molar-refractivity contribution < 1.29 is 30.3 Å². The summed E-state index contributed by atoms with van der Waals surface area (Å²) in [4.78, 5) is 0. The molecule has 0 aromatic heterocycles. The van der Waals surface area contributed by atoms with Crippen LogP contribution in [0.15, 0.2) is 78.9 Å². The van der Waals surface area contributed by atoms with Gasteiger partial charge >= 0.3 is 0 Å². The molecule has 34 heavy (non-hydrogen) atoms. The molecule has 2 atom stereocenters. The number of aryl methyl sites for hydroxylation is 2. The molecule has 0 fully saturated rings. The Kier molecular flexibility index (Phi) is 5.42. The number of rotatable bonds is 5. The standard InChI is InChI=1S/C28H24O6/c29-20-7-3-16(4-8-20)1-2-17-11-24(33)27-25(12-17)34-28(18-5-9-21(30)10-6-18)26(27)19-13-22(31)15-23(32)14-19/h3-15,26,28-33H,1-2H2. The molecule has 5 N–H and O–H groups in total. The first-order valence-corrected chi connectivity index (χ1v) is 11.0. The van der Waals surface area contributed by atoms with Crippen LogP contribution in [0.2, 0.25) is 0 Å². The predicted octanol–water partition coefficient (Wildman–Crippen LogP) is 5.27. The smallest absolute Gasteiger partial charge is 0.135 e. The minimum atomic E-state index is -0.532. The SMILES string of the molecule is Oc1ccc(CCc2cc(O)c3c(c2)OC(c2ccc(O)cc2)C3c2cc(O)cc(O)c2)cc1. The van der Waals surface area contributed by atoms with Crippen molar-refractivity contribution >= 4 is 0 Å². The maximum absolute atomic E-state index is 11.0. The molecule has 1 aliphatic rings. The zero-order valence-corrected chi connectivity index (χ0v) is 18.2. The first kappa shape index (κ1) is 21.5. The van der Waals surface area contributed by atoms with Crippen molar-refractivity contribution in [3.05, 3.63) is 107 Å². The Balaban J connectivity index is 1.53. The number of phenolic OH excluding ortho intramolecular Hbond substituents is 5. The summed E-state index contributed by atoms with van der Waals surface area (Å²) >= 11 is 0. The van der Waals surface area contributed by atoms with Crippen molar-refractivity contribution in [3.8, 4) is 34.5 Å². The summed E-state index contributed by atoms with van der Waals surface area (Å²) in [5, 5.41) is 50.4. The molecule has 0 radical (unpaired) electrons. The lowest BCUT2D eigenvalue weighted by Crippen LogP contribution is -2.11. The van der Waals surface area contributed by atoms with Gasteiger partial charge in [0.25, 0.3) is 0 Å². The lowest BCUT2D eigenvalue weighted by Gasteiger charge is -2.21. The fourth-order valence-electron chi connectivity index (χ4n) is 4.59. The van der Waals surface area contributed by atoms with E-state index in [4.69, 9.17) is 4.74 Å². The van der Waals surface area contributed by atoms with Gasteiger partial charge in [0.15, 0.2) is 0 Å². The van der Waals surface area contributed by atoms with E-state index in [2.05, 4.69) is 0 Å². The van der Waals surface area contributed by atoms with Gasteiger partial charge in [-0.3, -0.25) is 0 Å². The van der Waals surface area contributed by atoms with Crippen molar-refractivity contribution in [3.63, 3.8) is 0 Å². The largest absolute Gasteiger partial charge is 0.508 e. The summed E-state index contributed by atoms with van der Waals surface area (Å²) in [6.07, 6.45) is 0.857. The highest BCUT2D eigenvalue weighted by Gasteiger charge is 2.39. The van der Waals surface area contributed by atoms with Crippen molar-refractivity contribution in [2.45, 2.75) is 24.9 Å². The molecule has 0 bridgehead atoms. The van der Waals surface area contributed by atoms with Crippen LogP contribution >= 0.6 is 0 Å². The molecule has 1 aliphatic heterocycles. The van der Waals surface area contributed by atoms with E-state index in [1.807, 2.05) is 18.2 Å². The second-order valence-corrected chi connectivity index (χ2v) is 8.58. The molecule has 0 saturated heterocycles. The van der Waals surface area contributed by atoms with Gasteiger partial charge in [-0.05, 0) is 83.6 Å². The minimum Gasteiger partial charge on any atom is -0.508 e. The molecule has 172 valence electrons. The summed E-state index contributed by atoms with van der Waals surface area (Å²) in [6, 6.07) is 21.7. The Morgan fingerprint density at radius 2 is 1.15 bits per heavy atom. The van der Waals surface area contributed by atoms with Crippen molar-refractivity contribution in [1.29, 1.82) is 0 Å². The van der Waals surface area contributed by atoms with Crippen LogP contribution in [0.3, 0.4) is 0 Å². The Morgan fingerprint density at radius 3 is 1.79 bits per heavy atom. The molecule has 2 unspecified atom stereocenters. The maximum atomic E-state index is 11.0. The predicted molar refractivity (Wildman–Crippen MR) is 127 cm³/mol. The number of aromatic hydroxyl groups is 5. The first-order chi connectivity index (χ1) is 16.4. The number of hydrogen-bond donors (Lipinski definition) is 5. The minimum absolute atomic E-state index is 0.0762. The molecular weight excluding hydrogens is 432 g/mol. The number of ether oxygens (including phenoxy) is 1. The fourth-order valence-corrected chi connectivity index (χ4v) is 4.59. The van der Waals surface area contributed by atoms with E-state index in [0.29, 0.717) is 23.3 Å². The maximum Gasteiger partial charge on any atom is 0.135 e. The Morgan fingerprint density at radius 1 is 0.559 bits per heavy atom. The van der Waals surface area contributed by atoms with Gasteiger partial charge in [0.05, 0.1) is 5.92 Å². The van der Waals surface area contributed by atoms with E-state index in [1.54, 1.807) is 54.6 Å². The summed E-state index contributed by atoms with van der Waals surface area (Å²) in [6.45, 7) is 0. The van der Waals surface area contributed by atoms with Crippen molar-refractivity contribution in [2.24, 2.45) is 0 Å². The van der Waals surface area contributed by atoms with Crippen LogP contribution in [0, 0.1) is 0 Å². The van der Waals surface area contributed by atoms with Gasteiger partial charge in [-0.2, -0.15) is 0 Å². The summed E-state index contributed by atoms with van der Waals surface area (Å²) in [7, 11) is 0. The topological polar surface area (TPSA) is 110 Å². The molecule has 0 amide bonds. The third-order valence-electron chi connectivity index (χ3n) is 6.19. The molecule has 5 rings (SSSR count). The molecular formula is C28H24O6. The van der Waals surface area contributed by atoms with Gasteiger partial charge in [-0.25, -0.2) is 0 Å². The monoisotopic (exact) mass is 456 g/mol. The van der Waals surface area contributed by atoms with Crippen LogP contribution in [0.4, 0.5) is 0 Å². The molecule has 6 nitrogen and oxygen atoms in total. The average Bonchev–Trinajstić information content (AvgIpc) is 3.19. The third-order valence-corrected chi connectivity index (χ3v) is 6.19. The highest BCUT2D eigenvalue weighted by Crippen LogP contribution is 2.54. The molecule has 0 aliphatic carbocycles. The number of fused-ring (bicyclic) bond motifs is 1. The highest BCUT2D eigenvalue weighted by atomic mass is 16.5. The van der Waals surface area contributed by atoms with Gasteiger partial charge in [-0.15, -0.1) is 0 Å². The molecule has 0 spiro atoms. The van der Waals surface area contributed by atoms with Crippen molar-refractivity contribution in [2.75, 3.05) is 0 Å². The van der Waals surface area contributed by atoms with Crippen LogP contribution < -0.4 is 4.74 Å². The number of hydrogen-bond acceptors (Lipinski definition) is 6. The van der Waals surface area contributed by atoms with E-state index in [1.165, 1.54) is 6.07 Å². The molecule has 6 heteroatoms. The summed E-state index contributed by atoms with van der Waals surface area (Å²) in [5.41, 5.74) is 3.92. The summed E-state index contributed by atoms with van der Waals surface area (Å²) < 4.78 is 6.33. The zero-order valence-electron chi connectivity index (χ0n) is 18.2. The average molecular weight is 456 g/mol. The van der Waals surface area contributed by atoms with E-state index in [0.717, 1.165) is 23.1 Å². The van der Waals surface area contributed by atoms with Crippen LogP contribution in [-0.4, -0.2) is 25.5 Å². The van der Waals surface area contributed by atoms with Gasteiger partial charge in [0, 0.05) is 11.6 Å². The summed E-state index contributed by atoms with van der Waals surface area (Å²) in [5.74, 6) is 0.306. The number of benzene rings is 4. The normalized spacial score (nSPS) is 16.7. The molecule has 1 heterocycles. The lowest BCUT2D eigenvalue weighted by atomic mass is 9.84. The van der Waals surface area contributed by atoms with E-state index in [-0.39, 0.29) is 28.7 Å². The van der Waals surface area contributed by atoms with Crippen LogP contribution in [0.1, 0.15) is 39.8 Å². The van der Waals surface area contributed by atoms with Gasteiger partial charge < -0.3 is 30.3 Å².